The Morgan fingerprint density at radius 3 is 2.19 bits per heavy atom. The van der Waals surface area contributed by atoms with Gasteiger partial charge in [0.1, 0.15) is 12.2 Å². The zero-order valence-corrected chi connectivity index (χ0v) is 30.6. The molecule has 3 aliphatic carbocycles. The average Bonchev–Trinajstić information content (AvgIpc) is 3.15. The van der Waals surface area contributed by atoms with Gasteiger partial charge in [-0.2, -0.15) is 0 Å². The Morgan fingerprint density at radius 1 is 0.811 bits per heavy atom. The molecule has 3 aliphatic rings. The molecule has 8 heteroatoms. The summed E-state index contributed by atoms with van der Waals surface area (Å²) in [5.74, 6) is 0.0261. The first-order valence-corrected chi connectivity index (χ1v) is 18.6. The molecule has 0 amide bonds. The van der Waals surface area contributed by atoms with Crippen LogP contribution in [0, 0.1) is 17.3 Å². The van der Waals surface area contributed by atoms with Crippen LogP contribution in [0.25, 0.3) is 6.08 Å². The lowest BCUT2D eigenvalue weighted by atomic mass is 9.49. The lowest BCUT2D eigenvalue weighted by Gasteiger charge is -2.56. The quantitative estimate of drug-likeness (QED) is 0.167. The maximum atomic E-state index is 13.6. The highest BCUT2D eigenvalue weighted by molar-refractivity contribution is 5.70. The van der Waals surface area contributed by atoms with Gasteiger partial charge in [-0.05, 0) is 108 Å². The topological polar surface area (TPSA) is 112 Å². The van der Waals surface area contributed by atoms with Gasteiger partial charge in [0.05, 0.1) is 14.2 Å². The van der Waals surface area contributed by atoms with E-state index < -0.39 is 17.6 Å². The number of phenols is 2. The van der Waals surface area contributed by atoms with Crippen molar-refractivity contribution in [2.45, 2.75) is 76.4 Å². The van der Waals surface area contributed by atoms with Gasteiger partial charge < -0.3 is 29.2 Å². The van der Waals surface area contributed by atoms with Crippen molar-refractivity contribution in [3.05, 3.63) is 124 Å². The smallest absolute Gasteiger partial charge is 0.306 e. The fourth-order valence-corrected chi connectivity index (χ4v) is 9.46. The number of aryl methyl sites for hydroxylation is 2. The number of ether oxygens (including phenoxy) is 4. The van der Waals surface area contributed by atoms with E-state index in [0.717, 1.165) is 46.2 Å². The number of carbonyl (C=O) groups excluding carboxylic acids is 2. The molecule has 1 saturated carbocycles. The molecule has 0 unspecified atom stereocenters. The number of benzene rings is 4. The van der Waals surface area contributed by atoms with E-state index in [4.69, 9.17) is 18.9 Å². The Labute approximate surface area is 311 Å². The number of esters is 2. The minimum absolute atomic E-state index is 0.00971. The predicted octanol–water partition coefficient (Wildman–Crippen LogP) is 8.15. The van der Waals surface area contributed by atoms with E-state index in [1.54, 1.807) is 14.2 Å². The van der Waals surface area contributed by atoms with Gasteiger partial charge in [0.2, 0.25) is 0 Å². The summed E-state index contributed by atoms with van der Waals surface area (Å²) in [6.07, 6.45) is 7.72. The summed E-state index contributed by atoms with van der Waals surface area (Å²) < 4.78 is 23.9. The SMILES string of the molecule is COc1cc2c(cc1O)C[C@@]1(/C=C/c3ccccc3)[C@H](C2)[C@H](OC(C)=O)C[C@@H](OC(=O)CCc2ccccc2)C[C@H]2c3cc(OC)c(O)cc3CC[C@@H]21. The van der Waals surface area contributed by atoms with Crippen molar-refractivity contribution in [3.63, 3.8) is 0 Å². The highest BCUT2D eigenvalue weighted by atomic mass is 16.6. The second-order valence-electron chi connectivity index (χ2n) is 14.8. The van der Waals surface area contributed by atoms with Gasteiger partial charge in [-0.15, -0.1) is 0 Å². The first-order chi connectivity index (χ1) is 25.7. The second kappa shape index (κ2) is 15.4. The fraction of sp³-hybridized carbons (Fsp3) is 0.378. The molecular weight excluding hydrogens is 668 g/mol. The van der Waals surface area contributed by atoms with Crippen LogP contribution >= 0.6 is 0 Å². The van der Waals surface area contributed by atoms with Crippen LogP contribution in [0.1, 0.15) is 71.9 Å². The van der Waals surface area contributed by atoms with Gasteiger partial charge >= 0.3 is 11.9 Å². The summed E-state index contributed by atoms with van der Waals surface area (Å²) >= 11 is 0. The van der Waals surface area contributed by atoms with Crippen molar-refractivity contribution in [1.29, 1.82) is 0 Å². The van der Waals surface area contributed by atoms with E-state index in [1.165, 1.54) is 6.92 Å². The predicted molar refractivity (Wildman–Crippen MR) is 202 cm³/mol. The van der Waals surface area contributed by atoms with E-state index in [9.17, 15) is 19.8 Å². The molecule has 4 aromatic carbocycles. The molecule has 0 aromatic heterocycles. The number of hydrogen-bond donors (Lipinski definition) is 2. The standard InChI is InChI=1S/C45H48O8/c1-28(46)52-41-25-34(53-44(49)17-14-29-10-6-4-7-11-29)24-36-35-26-43(51-3)39(47)21-31(35)15-16-37(36)45(19-18-30-12-8-5-9-13-30)27-33-22-40(48)42(50-2)23-32(33)20-38(41)45/h4-13,18-19,21-23,26,34,36-38,41,47-48H,14-17,20,24-25,27H2,1-3H3/b19-18+/t34-,36-,37-,38+,41+,45+/m0/s1. The van der Waals surface area contributed by atoms with E-state index in [1.807, 2.05) is 72.8 Å². The summed E-state index contributed by atoms with van der Waals surface area (Å²) in [5.41, 5.74) is 5.75. The van der Waals surface area contributed by atoms with Gasteiger partial charge in [-0.3, -0.25) is 9.59 Å². The molecule has 53 heavy (non-hydrogen) atoms. The molecule has 0 bridgehead atoms. The van der Waals surface area contributed by atoms with Gasteiger partial charge in [0.15, 0.2) is 23.0 Å². The molecule has 0 spiro atoms. The second-order valence-corrected chi connectivity index (χ2v) is 14.8. The molecule has 6 atom stereocenters. The van der Waals surface area contributed by atoms with Crippen LogP contribution in [-0.4, -0.2) is 48.6 Å². The zero-order chi connectivity index (χ0) is 37.1. The number of hydrogen-bond acceptors (Lipinski definition) is 8. The molecule has 0 heterocycles. The molecule has 1 fully saturated rings. The molecule has 4 aromatic rings. The third-order valence-corrected chi connectivity index (χ3v) is 11.8. The van der Waals surface area contributed by atoms with Gasteiger partial charge in [0.25, 0.3) is 0 Å². The number of rotatable bonds is 9. The molecule has 7 rings (SSSR count). The molecule has 0 aliphatic heterocycles. The summed E-state index contributed by atoms with van der Waals surface area (Å²) in [5, 5.41) is 21.9. The van der Waals surface area contributed by atoms with Gasteiger partial charge in [-0.1, -0.05) is 72.8 Å². The van der Waals surface area contributed by atoms with Crippen molar-refractivity contribution < 1.29 is 38.7 Å². The van der Waals surface area contributed by atoms with Crippen LogP contribution < -0.4 is 9.47 Å². The molecule has 0 saturated heterocycles. The molecular formula is C45H48O8. The summed E-state index contributed by atoms with van der Waals surface area (Å²) in [6, 6.07) is 27.6. The first-order valence-electron chi connectivity index (χ1n) is 18.6. The third-order valence-electron chi connectivity index (χ3n) is 11.8. The van der Waals surface area contributed by atoms with Crippen LogP contribution in [0.5, 0.6) is 23.0 Å². The minimum Gasteiger partial charge on any atom is -0.504 e. The summed E-state index contributed by atoms with van der Waals surface area (Å²) in [7, 11) is 3.10. The normalized spacial score (nSPS) is 24.7. The van der Waals surface area contributed by atoms with Crippen molar-refractivity contribution >= 4 is 18.0 Å². The van der Waals surface area contributed by atoms with Crippen LogP contribution in [0.15, 0.2) is 91.0 Å². The lowest BCUT2D eigenvalue weighted by molar-refractivity contribution is -0.164. The lowest BCUT2D eigenvalue weighted by Crippen LogP contribution is -2.54. The molecule has 2 N–H and O–H groups in total. The van der Waals surface area contributed by atoms with Crippen molar-refractivity contribution in [1.82, 2.24) is 0 Å². The Hall–Kier alpha value is -5.24. The Bertz CT molecular complexity index is 1970. The fourth-order valence-electron chi connectivity index (χ4n) is 9.46. The van der Waals surface area contributed by atoms with E-state index in [-0.39, 0.29) is 47.6 Å². The summed E-state index contributed by atoms with van der Waals surface area (Å²) in [4.78, 5) is 26.6. The van der Waals surface area contributed by atoms with Gasteiger partial charge in [0, 0.05) is 31.1 Å². The van der Waals surface area contributed by atoms with Crippen LogP contribution in [0.3, 0.4) is 0 Å². The van der Waals surface area contributed by atoms with Crippen molar-refractivity contribution in [2.24, 2.45) is 17.3 Å². The number of phenolic OH excluding ortho intramolecular Hbond substituents is 2. The number of carbonyl (C=O) groups is 2. The van der Waals surface area contributed by atoms with Crippen LogP contribution in [0.4, 0.5) is 0 Å². The van der Waals surface area contributed by atoms with E-state index >= 15 is 0 Å². The largest absolute Gasteiger partial charge is 0.504 e. The van der Waals surface area contributed by atoms with E-state index in [0.29, 0.717) is 43.6 Å². The highest BCUT2D eigenvalue weighted by Gasteiger charge is 2.56. The maximum Gasteiger partial charge on any atom is 0.306 e. The highest BCUT2D eigenvalue weighted by Crippen LogP contribution is 2.60. The maximum absolute atomic E-state index is 13.6. The minimum atomic E-state index is -0.565. The molecule has 0 radical (unpaired) electrons. The average molecular weight is 717 g/mol. The van der Waals surface area contributed by atoms with Crippen LogP contribution in [-0.2, 0) is 44.7 Å². The molecule has 8 nitrogen and oxygen atoms in total. The van der Waals surface area contributed by atoms with Crippen molar-refractivity contribution in [2.75, 3.05) is 14.2 Å². The summed E-state index contributed by atoms with van der Waals surface area (Å²) in [6.45, 7) is 1.44. The van der Waals surface area contributed by atoms with Crippen LogP contribution in [0.2, 0.25) is 0 Å². The first kappa shape index (κ1) is 36.1. The molecule has 276 valence electrons. The number of allylic oxidation sites excluding steroid dienone is 1. The third kappa shape index (κ3) is 7.50. The zero-order valence-electron chi connectivity index (χ0n) is 30.6. The van der Waals surface area contributed by atoms with E-state index in [2.05, 4.69) is 24.3 Å². The number of fused-ring (bicyclic) bond motifs is 6. The number of methoxy groups -OCH3 is 2. The van der Waals surface area contributed by atoms with Crippen molar-refractivity contribution in [3.8, 4) is 23.0 Å². The Balaban J connectivity index is 1.38. The Kier molecular flexibility index (Phi) is 10.5. The van der Waals surface area contributed by atoms with Gasteiger partial charge in [-0.25, -0.2) is 0 Å². The monoisotopic (exact) mass is 716 g/mol. The Morgan fingerprint density at radius 2 is 1.49 bits per heavy atom. The number of aromatic hydroxyl groups is 2.